The molecule has 1 aromatic heterocycles. The Kier molecular flexibility index (Phi) is 9.66. The number of carboxylic acid groups (broad SMARTS) is 1. The Balaban J connectivity index is 0.000000255. The maximum absolute atomic E-state index is 12.8. The van der Waals surface area contributed by atoms with Gasteiger partial charge in [-0.3, -0.25) is 4.90 Å². The Morgan fingerprint density at radius 3 is 2.26 bits per heavy atom. The lowest BCUT2D eigenvalue weighted by molar-refractivity contribution is -0.137. The van der Waals surface area contributed by atoms with Crippen LogP contribution in [0.4, 0.5) is 23.8 Å². The van der Waals surface area contributed by atoms with E-state index in [4.69, 9.17) is 5.11 Å². The summed E-state index contributed by atoms with van der Waals surface area (Å²) in [6.07, 6.45) is 1.28. The number of carbonyl (C=O) groups is 1. The zero-order valence-corrected chi connectivity index (χ0v) is 24.7. The third kappa shape index (κ3) is 7.83. The minimum absolute atomic E-state index is 0.131. The zero-order valence-electron chi connectivity index (χ0n) is 24.7. The molecule has 8 nitrogen and oxygen atoms in total. The van der Waals surface area contributed by atoms with Gasteiger partial charge in [0.2, 0.25) is 0 Å². The minimum Gasteiger partial charge on any atom is -0.465 e. The summed E-state index contributed by atoms with van der Waals surface area (Å²) in [5.74, 6) is 0.448. The fourth-order valence-electron chi connectivity index (χ4n) is 5.42. The lowest BCUT2D eigenvalue weighted by Crippen LogP contribution is -2.45. The molecule has 2 unspecified atom stereocenters. The van der Waals surface area contributed by atoms with Gasteiger partial charge < -0.3 is 20.6 Å². The molecule has 11 heteroatoms. The molecular weight excluding hydrogens is 561 g/mol. The van der Waals surface area contributed by atoms with Crippen LogP contribution in [-0.4, -0.2) is 66.8 Å². The number of hydrogen-bond donors (Lipinski definition) is 4. The van der Waals surface area contributed by atoms with Crippen molar-refractivity contribution < 1.29 is 33.3 Å². The van der Waals surface area contributed by atoms with Gasteiger partial charge in [-0.1, -0.05) is 48.0 Å². The summed E-state index contributed by atoms with van der Waals surface area (Å²) in [7, 11) is 0. The molecule has 1 fully saturated rings. The summed E-state index contributed by atoms with van der Waals surface area (Å²) in [6.45, 7) is 6.48. The number of halogens is 3. The molecule has 0 bridgehead atoms. The van der Waals surface area contributed by atoms with Crippen molar-refractivity contribution in [3.8, 4) is 11.3 Å². The fraction of sp³-hybridized carbons (Fsp3) is 0.469. The number of alkyl halides is 3. The lowest BCUT2D eigenvalue weighted by atomic mass is 9.99. The SMILES string of the molecule is CC(C)(C)N(CC1=CCCC1)C(=O)O.OC1CCCC1(O)CNc1nnc(-c2ccc(C(F)(F)F)cc2)c2ccccc12. The van der Waals surface area contributed by atoms with E-state index in [9.17, 15) is 28.2 Å². The Bertz CT molecular complexity index is 1450. The van der Waals surface area contributed by atoms with Crippen molar-refractivity contribution in [2.24, 2.45) is 0 Å². The summed E-state index contributed by atoms with van der Waals surface area (Å²) >= 11 is 0. The molecule has 5 rings (SSSR count). The number of nitrogens with one attached hydrogen (secondary N) is 1. The first kappa shape index (κ1) is 32.2. The van der Waals surface area contributed by atoms with Crippen molar-refractivity contribution in [2.45, 2.75) is 82.7 Å². The van der Waals surface area contributed by atoms with Crippen LogP contribution in [0.2, 0.25) is 0 Å². The molecule has 1 amide bonds. The molecule has 0 aliphatic heterocycles. The number of nitrogens with zero attached hydrogens (tertiary/aromatic N) is 3. The molecule has 4 N–H and O–H groups in total. The predicted molar refractivity (Wildman–Crippen MR) is 160 cm³/mol. The van der Waals surface area contributed by atoms with E-state index in [1.54, 1.807) is 0 Å². The maximum atomic E-state index is 12.8. The smallest absolute Gasteiger partial charge is 0.416 e. The monoisotopic (exact) mass is 600 g/mol. The van der Waals surface area contributed by atoms with Crippen molar-refractivity contribution in [1.82, 2.24) is 15.1 Å². The van der Waals surface area contributed by atoms with Crippen LogP contribution in [0, 0.1) is 0 Å². The first-order valence-electron chi connectivity index (χ1n) is 14.4. The highest BCUT2D eigenvalue weighted by molar-refractivity contribution is 6.00. The van der Waals surface area contributed by atoms with E-state index in [-0.39, 0.29) is 12.1 Å². The van der Waals surface area contributed by atoms with Crippen LogP contribution >= 0.6 is 0 Å². The second-order valence-corrected chi connectivity index (χ2v) is 12.2. The van der Waals surface area contributed by atoms with Crippen molar-refractivity contribution in [1.29, 1.82) is 0 Å². The van der Waals surface area contributed by atoms with E-state index < -0.39 is 29.5 Å². The molecule has 43 heavy (non-hydrogen) atoms. The van der Waals surface area contributed by atoms with Crippen molar-refractivity contribution in [3.63, 3.8) is 0 Å². The molecular formula is C32H39F3N4O4. The highest BCUT2D eigenvalue weighted by Crippen LogP contribution is 2.35. The first-order chi connectivity index (χ1) is 20.2. The molecule has 1 saturated carbocycles. The van der Waals surface area contributed by atoms with Gasteiger partial charge in [0.1, 0.15) is 11.3 Å². The van der Waals surface area contributed by atoms with E-state index in [1.807, 2.05) is 45.0 Å². The number of rotatable bonds is 6. The van der Waals surface area contributed by atoms with E-state index in [1.165, 1.54) is 29.0 Å². The number of fused-ring (bicyclic) bond motifs is 1. The van der Waals surface area contributed by atoms with Crippen LogP contribution in [0.1, 0.15) is 64.9 Å². The number of hydrogen-bond acceptors (Lipinski definition) is 6. The van der Waals surface area contributed by atoms with Gasteiger partial charge in [-0.2, -0.15) is 13.2 Å². The second-order valence-electron chi connectivity index (χ2n) is 12.2. The lowest BCUT2D eigenvalue weighted by Gasteiger charge is -2.33. The number of aliphatic hydroxyl groups excluding tert-OH is 1. The molecule has 0 spiro atoms. The van der Waals surface area contributed by atoms with Crippen LogP contribution in [0.25, 0.3) is 22.0 Å². The average Bonchev–Trinajstić information content (AvgIpc) is 3.59. The molecule has 2 aromatic carbocycles. The zero-order chi connectivity index (χ0) is 31.4. The van der Waals surface area contributed by atoms with Gasteiger partial charge in [-0.05, 0) is 71.4 Å². The Labute approximate surface area is 249 Å². The summed E-state index contributed by atoms with van der Waals surface area (Å²) in [5, 5.41) is 42.6. The van der Waals surface area contributed by atoms with E-state index >= 15 is 0 Å². The molecule has 3 aromatic rings. The molecule has 232 valence electrons. The quantitative estimate of drug-likeness (QED) is 0.228. The van der Waals surface area contributed by atoms with Crippen molar-refractivity contribution >= 4 is 22.7 Å². The maximum Gasteiger partial charge on any atom is 0.416 e. The number of allylic oxidation sites excluding steroid dienone is 1. The minimum atomic E-state index is -4.40. The van der Waals surface area contributed by atoms with Crippen LogP contribution in [-0.2, 0) is 6.18 Å². The number of benzene rings is 2. The number of anilines is 1. The molecule has 0 radical (unpaired) electrons. The Hall–Kier alpha value is -3.70. The Morgan fingerprint density at radius 1 is 1.05 bits per heavy atom. The highest BCUT2D eigenvalue weighted by atomic mass is 19.4. The molecule has 2 aliphatic carbocycles. The molecule has 1 heterocycles. The number of amides is 1. The number of aromatic nitrogens is 2. The van der Waals surface area contributed by atoms with Crippen LogP contribution in [0.3, 0.4) is 0 Å². The second kappa shape index (κ2) is 12.9. The Morgan fingerprint density at radius 2 is 1.72 bits per heavy atom. The standard InChI is InChI=1S/C21H20F3N3O2.C11H19NO2/c22-21(23,24)14-9-7-13(8-10-14)18-15-4-1-2-5-16(15)19(27-26-18)25-12-20(29)11-3-6-17(20)28;1-11(2,3)12(10(13)14)8-9-6-4-5-7-9/h1-2,4-5,7-10,17,28-29H,3,6,11-12H2,(H,25,27);6H,4-5,7-8H2,1-3H3,(H,13,14). The van der Waals surface area contributed by atoms with Gasteiger partial charge in [-0.15, -0.1) is 10.2 Å². The normalized spacial score (nSPS) is 20.4. The van der Waals surface area contributed by atoms with Gasteiger partial charge in [0.15, 0.2) is 5.82 Å². The van der Waals surface area contributed by atoms with Gasteiger partial charge in [0, 0.05) is 35.0 Å². The third-order valence-electron chi connectivity index (χ3n) is 7.98. The van der Waals surface area contributed by atoms with Crippen molar-refractivity contribution in [2.75, 3.05) is 18.4 Å². The van der Waals surface area contributed by atoms with E-state index in [0.29, 0.717) is 36.5 Å². The van der Waals surface area contributed by atoms with Gasteiger partial charge >= 0.3 is 12.3 Å². The van der Waals surface area contributed by atoms with Gasteiger partial charge in [0.25, 0.3) is 0 Å². The van der Waals surface area contributed by atoms with E-state index in [0.717, 1.165) is 42.2 Å². The summed E-state index contributed by atoms with van der Waals surface area (Å²) in [6, 6.07) is 12.1. The molecule has 2 aliphatic rings. The van der Waals surface area contributed by atoms with Gasteiger partial charge in [0.05, 0.1) is 11.7 Å². The highest BCUT2D eigenvalue weighted by Gasteiger charge is 2.40. The van der Waals surface area contributed by atoms with Crippen LogP contribution in [0.15, 0.2) is 60.2 Å². The number of aliphatic hydroxyl groups is 2. The van der Waals surface area contributed by atoms with E-state index in [2.05, 4.69) is 21.6 Å². The molecule has 2 atom stereocenters. The average molecular weight is 601 g/mol. The third-order valence-corrected chi connectivity index (χ3v) is 7.98. The van der Waals surface area contributed by atoms with Gasteiger partial charge in [-0.25, -0.2) is 4.79 Å². The predicted octanol–water partition coefficient (Wildman–Crippen LogP) is 6.88. The van der Waals surface area contributed by atoms with Crippen LogP contribution < -0.4 is 5.32 Å². The summed E-state index contributed by atoms with van der Waals surface area (Å²) in [4.78, 5) is 12.5. The fourth-order valence-corrected chi connectivity index (χ4v) is 5.42. The van der Waals surface area contributed by atoms with Crippen molar-refractivity contribution in [3.05, 3.63) is 65.7 Å². The molecule has 0 saturated heterocycles. The summed E-state index contributed by atoms with van der Waals surface area (Å²) in [5.41, 5.74) is 0.0181. The topological polar surface area (TPSA) is 119 Å². The summed E-state index contributed by atoms with van der Waals surface area (Å²) < 4.78 is 38.5. The van der Waals surface area contributed by atoms with Crippen LogP contribution in [0.5, 0.6) is 0 Å². The first-order valence-corrected chi connectivity index (χ1v) is 14.4. The largest absolute Gasteiger partial charge is 0.465 e.